The van der Waals surface area contributed by atoms with E-state index < -0.39 is 11.9 Å². The maximum atomic E-state index is 10.7. The van der Waals surface area contributed by atoms with E-state index in [0.717, 1.165) is 16.9 Å². The van der Waals surface area contributed by atoms with Gasteiger partial charge in [0.05, 0.1) is 13.0 Å². The topological polar surface area (TPSA) is 46.5 Å². The van der Waals surface area contributed by atoms with Crippen LogP contribution < -0.4 is 4.74 Å². The Kier molecular flexibility index (Phi) is 3.12. The average molecular weight is 194 g/mol. The molecule has 0 fully saturated rings. The molecule has 0 aromatic heterocycles. The van der Waals surface area contributed by atoms with Gasteiger partial charge in [-0.25, -0.2) is 0 Å². The summed E-state index contributed by atoms with van der Waals surface area (Å²) in [5.41, 5.74) is 1.77. The highest BCUT2D eigenvalue weighted by molar-refractivity contribution is 5.75. The van der Waals surface area contributed by atoms with Gasteiger partial charge in [0.2, 0.25) is 0 Å². The van der Waals surface area contributed by atoms with E-state index in [9.17, 15) is 4.79 Å². The van der Waals surface area contributed by atoms with Crippen LogP contribution in [0.2, 0.25) is 0 Å². The predicted octanol–water partition coefficient (Wildman–Crippen LogP) is 2.19. The van der Waals surface area contributed by atoms with Gasteiger partial charge >= 0.3 is 5.97 Å². The fraction of sp³-hybridized carbons (Fsp3) is 0.364. The lowest BCUT2D eigenvalue weighted by Gasteiger charge is -2.10. The van der Waals surface area contributed by atoms with Crippen LogP contribution in [0.4, 0.5) is 0 Å². The molecule has 0 aliphatic rings. The highest BCUT2D eigenvalue weighted by atomic mass is 16.5. The molecule has 1 aromatic carbocycles. The van der Waals surface area contributed by atoms with Crippen LogP contribution in [0.15, 0.2) is 18.2 Å². The molecule has 3 heteroatoms. The van der Waals surface area contributed by atoms with E-state index in [1.165, 1.54) is 0 Å². The number of carboxylic acid groups (broad SMARTS) is 1. The van der Waals surface area contributed by atoms with Gasteiger partial charge in [-0.05, 0) is 31.0 Å². The average Bonchev–Trinajstić information content (AvgIpc) is 2.17. The number of hydrogen-bond acceptors (Lipinski definition) is 2. The number of ether oxygens (including phenoxy) is 1. The molecule has 14 heavy (non-hydrogen) atoms. The number of carboxylic acids is 1. The summed E-state index contributed by atoms with van der Waals surface area (Å²) >= 11 is 0. The second kappa shape index (κ2) is 4.13. The van der Waals surface area contributed by atoms with Crippen molar-refractivity contribution in [2.75, 3.05) is 7.11 Å². The molecule has 1 aromatic rings. The van der Waals surface area contributed by atoms with Crippen LogP contribution in [-0.2, 0) is 4.79 Å². The lowest BCUT2D eigenvalue weighted by atomic mass is 10.00. The van der Waals surface area contributed by atoms with Crippen molar-refractivity contribution in [1.82, 2.24) is 0 Å². The number of methoxy groups -OCH3 is 1. The third-order valence-corrected chi connectivity index (χ3v) is 2.30. The van der Waals surface area contributed by atoms with Crippen LogP contribution in [-0.4, -0.2) is 18.2 Å². The molecule has 0 heterocycles. The first-order valence-electron chi connectivity index (χ1n) is 4.43. The molecule has 0 aliphatic carbocycles. The van der Waals surface area contributed by atoms with Gasteiger partial charge in [-0.3, -0.25) is 4.79 Å². The molecule has 0 amide bonds. The SMILES string of the molecule is COc1cc(C(C)C(=O)O)ccc1C. The number of hydrogen-bond donors (Lipinski definition) is 1. The van der Waals surface area contributed by atoms with Crippen LogP contribution in [0.5, 0.6) is 5.75 Å². The number of carbonyl (C=O) groups is 1. The summed E-state index contributed by atoms with van der Waals surface area (Å²) < 4.78 is 5.12. The van der Waals surface area contributed by atoms with Crippen LogP contribution in [0.1, 0.15) is 24.0 Å². The van der Waals surface area contributed by atoms with E-state index in [4.69, 9.17) is 9.84 Å². The number of aryl methyl sites for hydroxylation is 1. The zero-order valence-electron chi connectivity index (χ0n) is 8.57. The van der Waals surface area contributed by atoms with Gasteiger partial charge < -0.3 is 9.84 Å². The lowest BCUT2D eigenvalue weighted by molar-refractivity contribution is -0.138. The molecular formula is C11H14O3. The summed E-state index contributed by atoms with van der Waals surface area (Å²) in [5, 5.41) is 8.83. The van der Waals surface area contributed by atoms with E-state index in [1.54, 1.807) is 20.1 Å². The summed E-state index contributed by atoms with van der Waals surface area (Å²) in [6, 6.07) is 5.46. The van der Waals surface area contributed by atoms with Crippen molar-refractivity contribution in [3.05, 3.63) is 29.3 Å². The Morgan fingerprint density at radius 2 is 2.14 bits per heavy atom. The molecular weight excluding hydrogens is 180 g/mol. The first kappa shape index (κ1) is 10.6. The third kappa shape index (κ3) is 2.05. The fourth-order valence-corrected chi connectivity index (χ4v) is 1.25. The van der Waals surface area contributed by atoms with E-state index in [-0.39, 0.29) is 0 Å². The largest absolute Gasteiger partial charge is 0.496 e. The Hall–Kier alpha value is -1.51. The monoisotopic (exact) mass is 194 g/mol. The molecule has 0 bridgehead atoms. The Labute approximate surface area is 83.3 Å². The second-order valence-corrected chi connectivity index (χ2v) is 3.29. The van der Waals surface area contributed by atoms with Crippen LogP contribution in [0.3, 0.4) is 0 Å². The summed E-state index contributed by atoms with van der Waals surface area (Å²) in [4.78, 5) is 10.7. The van der Waals surface area contributed by atoms with Crippen molar-refractivity contribution < 1.29 is 14.6 Å². The second-order valence-electron chi connectivity index (χ2n) is 3.29. The van der Waals surface area contributed by atoms with Gasteiger partial charge in [0.15, 0.2) is 0 Å². The first-order chi connectivity index (χ1) is 6.56. The maximum absolute atomic E-state index is 10.7. The Balaban J connectivity index is 3.06. The van der Waals surface area contributed by atoms with Gasteiger partial charge in [0.25, 0.3) is 0 Å². The lowest BCUT2D eigenvalue weighted by Crippen LogP contribution is -2.07. The van der Waals surface area contributed by atoms with E-state index in [0.29, 0.717) is 0 Å². The molecule has 1 N–H and O–H groups in total. The van der Waals surface area contributed by atoms with Gasteiger partial charge in [0.1, 0.15) is 5.75 Å². The predicted molar refractivity (Wildman–Crippen MR) is 53.8 cm³/mol. The maximum Gasteiger partial charge on any atom is 0.310 e. The third-order valence-electron chi connectivity index (χ3n) is 2.30. The van der Waals surface area contributed by atoms with E-state index in [1.807, 2.05) is 19.1 Å². The number of aliphatic carboxylic acids is 1. The minimum Gasteiger partial charge on any atom is -0.496 e. The zero-order valence-corrected chi connectivity index (χ0v) is 8.57. The molecule has 76 valence electrons. The summed E-state index contributed by atoms with van der Waals surface area (Å²) in [5.74, 6) is -0.587. The van der Waals surface area contributed by atoms with Gasteiger partial charge in [-0.2, -0.15) is 0 Å². The molecule has 0 saturated heterocycles. The summed E-state index contributed by atoms with van der Waals surface area (Å²) in [6.45, 7) is 3.58. The van der Waals surface area contributed by atoms with Crippen molar-refractivity contribution in [2.45, 2.75) is 19.8 Å². The Bertz CT molecular complexity index is 344. The van der Waals surface area contributed by atoms with Crippen LogP contribution >= 0.6 is 0 Å². The van der Waals surface area contributed by atoms with Crippen LogP contribution in [0, 0.1) is 6.92 Å². The highest BCUT2D eigenvalue weighted by Gasteiger charge is 2.14. The summed E-state index contributed by atoms with van der Waals surface area (Å²) in [6.07, 6.45) is 0. The molecule has 0 aliphatic heterocycles. The fourth-order valence-electron chi connectivity index (χ4n) is 1.25. The molecule has 1 atom stereocenters. The van der Waals surface area contributed by atoms with Crippen LogP contribution in [0.25, 0.3) is 0 Å². The molecule has 0 spiro atoms. The smallest absolute Gasteiger partial charge is 0.310 e. The van der Waals surface area contributed by atoms with Crippen molar-refractivity contribution in [3.8, 4) is 5.75 Å². The molecule has 3 nitrogen and oxygen atoms in total. The summed E-state index contributed by atoms with van der Waals surface area (Å²) in [7, 11) is 1.58. The molecule has 0 saturated carbocycles. The number of rotatable bonds is 3. The van der Waals surface area contributed by atoms with E-state index >= 15 is 0 Å². The quantitative estimate of drug-likeness (QED) is 0.802. The van der Waals surface area contributed by atoms with Crippen molar-refractivity contribution in [2.24, 2.45) is 0 Å². The standard InChI is InChI=1S/C11H14O3/c1-7-4-5-9(6-10(7)14-3)8(2)11(12)13/h4-6,8H,1-3H3,(H,12,13). The minimum absolute atomic E-state index is 0.496. The minimum atomic E-state index is -0.823. The number of benzene rings is 1. The first-order valence-corrected chi connectivity index (χ1v) is 4.43. The highest BCUT2D eigenvalue weighted by Crippen LogP contribution is 2.24. The van der Waals surface area contributed by atoms with Gasteiger partial charge in [-0.1, -0.05) is 12.1 Å². The normalized spacial score (nSPS) is 12.2. The molecule has 1 rings (SSSR count). The molecule has 0 radical (unpaired) electrons. The zero-order chi connectivity index (χ0) is 10.7. The van der Waals surface area contributed by atoms with E-state index in [2.05, 4.69) is 0 Å². The van der Waals surface area contributed by atoms with Gasteiger partial charge in [-0.15, -0.1) is 0 Å². The Morgan fingerprint density at radius 1 is 1.50 bits per heavy atom. The van der Waals surface area contributed by atoms with Crippen molar-refractivity contribution >= 4 is 5.97 Å². The van der Waals surface area contributed by atoms with Crippen molar-refractivity contribution in [1.29, 1.82) is 0 Å². The van der Waals surface area contributed by atoms with Crippen molar-refractivity contribution in [3.63, 3.8) is 0 Å². The Morgan fingerprint density at radius 3 is 2.64 bits per heavy atom. The van der Waals surface area contributed by atoms with Gasteiger partial charge in [0, 0.05) is 0 Å². The molecule has 1 unspecified atom stereocenters.